The van der Waals surface area contributed by atoms with Crippen molar-refractivity contribution in [3.8, 4) is 11.5 Å². The highest BCUT2D eigenvalue weighted by molar-refractivity contribution is 6.38. The summed E-state index contributed by atoms with van der Waals surface area (Å²) in [5, 5.41) is 1.43. The van der Waals surface area contributed by atoms with E-state index in [1.54, 1.807) is 31.2 Å². The maximum absolute atomic E-state index is 13.7. The molecule has 0 bridgehead atoms. The summed E-state index contributed by atoms with van der Waals surface area (Å²) in [6.45, 7) is 7.98. The highest BCUT2D eigenvalue weighted by Crippen LogP contribution is 2.46. The topological polar surface area (TPSA) is 82.1 Å². The van der Waals surface area contributed by atoms with E-state index in [2.05, 4.69) is 0 Å². The summed E-state index contributed by atoms with van der Waals surface area (Å²) in [5.74, 6) is -0.520. The number of hydrogen-bond donors (Lipinski definition) is 0. The van der Waals surface area contributed by atoms with Crippen LogP contribution in [0.3, 0.4) is 0 Å². The molecule has 0 aliphatic carbocycles. The van der Waals surface area contributed by atoms with Crippen molar-refractivity contribution in [1.82, 2.24) is 0 Å². The van der Waals surface area contributed by atoms with E-state index in [4.69, 9.17) is 14.2 Å². The van der Waals surface area contributed by atoms with E-state index in [1.807, 2.05) is 45.0 Å². The van der Waals surface area contributed by atoms with Gasteiger partial charge in [0.15, 0.2) is 0 Å². The van der Waals surface area contributed by atoms with E-state index in [-0.39, 0.29) is 29.6 Å². The predicted molar refractivity (Wildman–Crippen MR) is 129 cm³/mol. The molecule has 0 atom stereocenters. The van der Waals surface area contributed by atoms with Crippen LogP contribution in [0.15, 0.2) is 48.5 Å². The van der Waals surface area contributed by atoms with E-state index >= 15 is 0 Å². The van der Waals surface area contributed by atoms with Crippen LogP contribution in [0.5, 0.6) is 11.5 Å². The van der Waals surface area contributed by atoms with Crippen molar-refractivity contribution in [2.24, 2.45) is 0 Å². The van der Waals surface area contributed by atoms with E-state index in [9.17, 15) is 14.4 Å². The molecule has 1 heterocycles. The minimum atomic E-state index is -0.472. The van der Waals surface area contributed by atoms with Gasteiger partial charge in [0.1, 0.15) is 11.5 Å². The maximum Gasteiger partial charge on any atom is 0.310 e. The highest BCUT2D eigenvalue weighted by Gasteiger charge is 2.43. The number of ether oxygens (including phenoxy) is 3. The lowest BCUT2D eigenvalue weighted by Gasteiger charge is -2.18. The molecule has 2 amide bonds. The average molecular weight is 462 g/mol. The van der Waals surface area contributed by atoms with Crippen LogP contribution < -0.4 is 14.4 Å². The molecule has 3 aromatic carbocycles. The van der Waals surface area contributed by atoms with Gasteiger partial charge >= 0.3 is 5.97 Å². The Morgan fingerprint density at radius 3 is 2.00 bits per heavy atom. The molecule has 0 radical (unpaired) electrons. The largest absolute Gasteiger partial charge is 0.492 e. The second kappa shape index (κ2) is 9.55. The standard InChI is InChI=1S/C27H27NO6/c1-5-32-21(29)15-17-11-13-18(14-12-17)28-26(30)22-23(27(28)31)25(34-16(3)4)20-10-8-7-9-19(20)24(22)33-6-2/h7-14,16H,5-6,15H2,1-4H3. The van der Waals surface area contributed by atoms with Crippen molar-refractivity contribution in [2.75, 3.05) is 18.1 Å². The Kier molecular flexibility index (Phi) is 6.54. The molecule has 1 aliphatic rings. The van der Waals surface area contributed by atoms with Gasteiger partial charge in [-0.25, -0.2) is 4.90 Å². The highest BCUT2D eigenvalue weighted by atomic mass is 16.5. The fourth-order valence-corrected chi connectivity index (χ4v) is 4.13. The summed E-state index contributed by atoms with van der Waals surface area (Å²) in [7, 11) is 0. The Morgan fingerprint density at radius 2 is 1.44 bits per heavy atom. The van der Waals surface area contributed by atoms with E-state index < -0.39 is 11.8 Å². The molecule has 0 spiro atoms. The zero-order chi connectivity index (χ0) is 24.4. The Hall–Kier alpha value is -3.87. The smallest absolute Gasteiger partial charge is 0.310 e. The molecule has 176 valence electrons. The number of benzene rings is 3. The fraction of sp³-hybridized carbons (Fsp3) is 0.296. The number of hydrogen-bond acceptors (Lipinski definition) is 6. The number of esters is 1. The second-order valence-electron chi connectivity index (χ2n) is 8.15. The first kappa shape index (κ1) is 23.3. The molecular formula is C27H27NO6. The summed E-state index contributed by atoms with van der Waals surface area (Å²) in [6.07, 6.45) is -0.0905. The van der Waals surface area contributed by atoms with Gasteiger partial charge in [0.2, 0.25) is 0 Å². The maximum atomic E-state index is 13.7. The number of nitrogens with zero attached hydrogens (tertiary/aromatic N) is 1. The molecule has 0 N–H and O–H groups in total. The predicted octanol–water partition coefficient (Wildman–Crippen LogP) is 4.93. The second-order valence-corrected chi connectivity index (χ2v) is 8.15. The van der Waals surface area contributed by atoms with Gasteiger partial charge in [0.25, 0.3) is 11.8 Å². The Labute approximate surface area is 198 Å². The van der Waals surface area contributed by atoms with Crippen molar-refractivity contribution < 1.29 is 28.6 Å². The first-order chi connectivity index (χ1) is 16.4. The number of carbonyl (C=O) groups excluding carboxylic acids is 3. The monoisotopic (exact) mass is 461 g/mol. The SMILES string of the molecule is CCOC(=O)Cc1ccc(N2C(=O)c3c(c(OC(C)C)c4ccccc4c3OCC)C2=O)cc1. The van der Waals surface area contributed by atoms with Crippen molar-refractivity contribution in [1.29, 1.82) is 0 Å². The van der Waals surface area contributed by atoms with Gasteiger partial charge in [-0.2, -0.15) is 0 Å². The van der Waals surface area contributed by atoms with Crippen LogP contribution in [-0.2, 0) is 16.0 Å². The summed E-state index contributed by atoms with van der Waals surface area (Å²) in [5.41, 5.74) is 1.54. The van der Waals surface area contributed by atoms with E-state index in [0.29, 0.717) is 41.2 Å². The Morgan fingerprint density at radius 1 is 0.853 bits per heavy atom. The lowest BCUT2D eigenvalue weighted by Crippen LogP contribution is -2.29. The summed E-state index contributed by atoms with van der Waals surface area (Å²) < 4.78 is 17.0. The fourth-order valence-electron chi connectivity index (χ4n) is 4.13. The molecule has 0 aromatic heterocycles. The number of fused-ring (bicyclic) bond motifs is 2. The molecule has 34 heavy (non-hydrogen) atoms. The molecule has 0 saturated carbocycles. The van der Waals surface area contributed by atoms with Crippen molar-refractivity contribution >= 4 is 34.2 Å². The van der Waals surface area contributed by atoms with Gasteiger partial charge in [0, 0.05) is 10.8 Å². The number of imide groups is 1. The molecule has 0 saturated heterocycles. The number of anilines is 1. The summed E-state index contributed by atoms with van der Waals surface area (Å²) in [6, 6.07) is 14.2. The first-order valence-corrected chi connectivity index (χ1v) is 11.4. The average Bonchev–Trinajstić information content (AvgIpc) is 3.07. The molecule has 7 heteroatoms. The van der Waals surface area contributed by atoms with Crippen LogP contribution in [0.2, 0.25) is 0 Å². The first-order valence-electron chi connectivity index (χ1n) is 11.4. The summed E-state index contributed by atoms with van der Waals surface area (Å²) in [4.78, 5) is 40.2. The van der Waals surface area contributed by atoms with Crippen LogP contribution in [-0.4, -0.2) is 37.1 Å². The van der Waals surface area contributed by atoms with E-state index in [0.717, 1.165) is 10.5 Å². The quantitative estimate of drug-likeness (QED) is 0.349. The zero-order valence-corrected chi connectivity index (χ0v) is 19.7. The molecule has 7 nitrogen and oxygen atoms in total. The zero-order valence-electron chi connectivity index (χ0n) is 19.7. The number of rotatable bonds is 8. The van der Waals surface area contributed by atoms with Crippen molar-refractivity contribution in [2.45, 2.75) is 40.2 Å². The minimum Gasteiger partial charge on any atom is -0.492 e. The van der Waals surface area contributed by atoms with Gasteiger partial charge < -0.3 is 14.2 Å². The third-order valence-electron chi connectivity index (χ3n) is 5.44. The Bertz CT molecular complexity index is 1260. The Balaban J connectivity index is 1.82. The van der Waals surface area contributed by atoms with Crippen molar-refractivity contribution in [3.05, 3.63) is 65.2 Å². The van der Waals surface area contributed by atoms with E-state index in [1.165, 1.54) is 0 Å². The van der Waals surface area contributed by atoms with Gasteiger partial charge in [-0.05, 0) is 45.4 Å². The molecule has 4 rings (SSSR count). The van der Waals surface area contributed by atoms with Gasteiger partial charge in [0.05, 0.1) is 42.6 Å². The molecular weight excluding hydrogens is 434 g/mol. The van der Waals surface area contributed by atoms with Crippen LogP contribution in [0.1, 0.15) is 54.0 Å². The summed E-state index contributed by atoms with van der Waals surface area (Å²) >= 11 is 0. The normalized spacial score (nSPS) is 12.9. The third-order valence-corrected chi connectivity index (χ3v) is 5.44. The van der Waals surface area contributed by atoms with Gasteiger partial charge in [-0.15, -0.1) is 0 Å². The lowest BCUT2D eigenvalue weighted by molar-refractivity contribution is -0.142. The van der Waals surface area contributed by atoms with Crippen LogP contribution >= 0.6 is 0 Å². The van der Waals surface area contributed by atoms with Crippen LogP contribution in [0.4, 0.5) is 5.69 Å². The van der Waals surface area contributed by atoms with Gasteiger partial charge in [-0.1, -0.05) is 36.4 Å². The lowest BCUT2D eigenvalue weighted by atomic mass is 9.99. The van der Waals surface area contributed by atoms with Crippen molar-refractivity contribution in [3.63, 3.8) is 0 Å². The third kappa shape index (κ3) is 4.09. The molecule has 0 fully saturated rings. The van der Waals surface area contributed by atoms with Crippen LogP contribution in [0.25, 0.3) is 10.8 Å². The molecule has 1 aliphatic heterocycles. The van der Waals surface area contributed by atoms with Crippen LogP contribution in [0, 0.1) is 0 Å². The van der Waals surface area contributed by atoms with Gasteiger partial charge in [-0.3, -0.25) is 14.4 Å². The molecule has 3 aromatic rings. The number of carbonyl (C=O) groups is 3. The minimum absolute atomic E-state index is 0.114. The molecule has 0 unspecified atom stereocenters. The number of amides is 2.